The Morgan fingerprint density at radius 3 is 1.95 bits per heavy atom. The van der Waals surface area contributed by atoms with Crippen LogP contribution in [0.5, 0.6) is 0 Å². The number of urea groups is 2. The van der Waals surface area contributed by atoms with Gasteiger partial charge >= 0.3 is 12.1 Å². The molecule has 1 aliphatic carbocycles. The third-order valence-corrected chi connectivity index (χ3v) is 3.91. The summed E-state index contributed by atoms with van der Waals surface area (Å²) in [5.41, 5.74) is -0.246. The summed E-state index contributed by atoms with van der Waals surface area (Å²) in [5, 5.41) is 6.16. The molecule has 0 bridgehead atoms. The van der Waals surface area contributed by atoms with E-state index in [-0.39, 0.29) is 29.1 Å². The number of rotatable bonds is 2. The quantitative estimate of drug-likeness (QED) is 0.817. The number of nitrogens with zero attached hydrogens (tertiary/aromatic N) is 2. The van der Waals surface area contributed by atoms with Gasteiger partial charge in [0.05, 0.1) is 0 Å². The lowest BCUT2D eigenvalue weighted by molar-refractivity contribution is 0.103. The van der Waals surface area contributed by atoms with E-state index < -0.39 is 0 Å². The lowest BCUT2D eigenvalue weighted by atomic mass is 9.67. The summed E-state index contributed by atoms with van der Waals surface area (Å²) in [6.07, 6.45) is 2.56. The Labute approximate surface area is 128 Å². The van der Waals surface area contributed by atoms with Gasteiger partial charge in [-0.2, -0.15) is 0 Å². The molecule has 4 amide bonds. The van der Waals surface area contributed by atoms with Crippen LogP contribution >= 0.6 is 0 Å². The van der Waals surface area contributed by atoms with E-state index in [1.807, 2.05) is 0 Å². The second kappa shape index (κ2) is 6.12. The minimum atomic E-state index is -0.312. The van der Waals surface area contributed by atoms with Crippen molar-refractivity contribution in [3.63, 3.8) is 0 Å². The molecule has 1 rings (SSSR count). The molecule has 6 nitrogen and oxygen atoms in total. The van der Waals surface area contributed by atoms with E-state index >= 15 is 0 Å². The highest BCUT2D eigenvalue weighted by atomic mass is 16.2. The molecule has 0 heterocycles. The number of nitrogens with one attached hydrogen (secondary N) is 2. The molecule has 122 valence electrons. The Morgan fingerprint density at radius 2 is 1.48 bits per heavy atom. The second-order valence-corrected chi connectivity index (χ2v) is 7.68. The molecule has 2 N–H and O–H groups in total. The zero-order valence-electron chi connectivity index (χ0n) is 14.4. The highest BCUT2D eigenvalue weighted by molar-refractivity contribution is 5.75. The molecule has 21 heavy (non-hydrogen) atoms. The standard InChI is InChI=1S/C15H30N4O2/c1-14(2)8-11(16-12(20)18(4)5)9-15(3,10-14)17-13(21)19(6)7/h11H,8-10H2,1-7H3,(H,16,20)(H,17,21). The van der Waals surface area contributed by atoms with Gasteiger partial charge in [-0.3, -0.25) is 0 Å². The molecule has 1 fully saturated rings. The summed E-state index contributed by atoms with van der Waals surface area (Å²) in [5.74, 6) is 0. The zero-order valence-corrected chi connectivity index (χ0v) is 14.4. The second-order valence-electron chi connectivity index (χ2n) is 7.68. The Bertz CT molecular complexity index is 406. The van der Waals surface area contributed by atoms with Gasteiger partial charge in [0.2, 0.25) is 0 Å². The fourth-order valence-electron chi connectivity index (χ4n) is 3.35. The van der Waals surface area contributed by atoms with E-state index in [0.29, 0.717) is 0 Å². The Balaban J connectivity index is 2.82. The topological polar surface area (TPSA) is 64.7 Å². The van der Waals surface area contributed by atoms with Crippen LogP contribution < -0.4 is 10.6 Å². The van der Waals surface area contributed by atoms with Gasteiger partial charge in [0, 0.05) is 39.8 Å². The molecule has 6 heteroatoms. The first kappa shape index (κ1) is 17.6. The normalized spacial score (nSPS) is 27.7. The number of carbonyl (C=O) groups is 2. The maximum absolute atomic E-state index is 12.0. The lowest BCUT2D eigenvalue weighted by Crippen LogP contribution is -2.59. The maximum Gasteiger partial charge on any atom is 0.317 e. The van der Waals surface area contributed by atoms with Crippen molar-refractivity contribution in [1.82, 2.24) is 20.4 Å². The van der Waals surface area contributed by atoms with E-state index in [1.54, 1.807) is 33.1 Å². The number of carbonyl (C=O) groups excluding carboxylic acids is 2. The molecule has 0 aliphatic heterocycles. The average Bonchev–Trinajstić information content (AvgIpc) is 2.24. The first-order chi connectivity index (χ1) is 9.44. The predicted molar refractivity (Wildman–Crippen MR) is 84.3 cm³/mol. The summed E-state index contributed by atoms with van der Waals surface area (Å²) in [7, 11) is 6.93. The summed E-state index contributed by atoms with van der Waals surface area (Å²) in [6.45, 7) is 6.42. The smallest absolute Gasteiger partial charge is 0.317 e. The third kappa shape index (κ3) is 5.10. The SMILES string of the molecule is CN(C)C(=O)NC1CC(C)(C)CC(C)(NC(=O)N(C)C)C1. The average molecular weight is 298 g/mol. The van der Waals surface area contributed by atoms with Crippen molar-refractivity contribution in [3.8, 4) is 0 Å². The van der Waals surface area contributed by atoms with Crippen molar-refractivity contribution in [2.24, 2.45) is 5.41 Å². The molecule has 2 unspecified atom stereocenters. The van der Waals surface area contributed by atoms with Crippen molar-refractivity contribution in [1.29, 1.82) is 0 Å². The van der Waals surface area contributed by atoms with Crippen LogP contribution in [0.4, 0.5) is 9.59 Å². The van der Waals surface area contributed by atoms with Gasteiger partial charge < -0.3 is 20.4 Å². The van der Waals surface area contributed by atoms with Gasteiger partial charge in [-0.05, 0) is 31.6 Å². The van der Waals surface area contributed by atoms with Gasteiger partial charge in [0.25, 0.3) is 0 Å². The number of amides is 4. The van der Waals surface area contributed by atoms with Crippen molar-refractivity contribution in [2.45, 2.75) is 51.6 Å². The molecular formula is C15H30N4O2. The molecule has 1 saturated carbocycles. The van der Waals surface area contributed by atoms with Crippen molar-refractivity contribution in [2.75, 3.05) is 28.2 Å². The van der Waals surface area contributed by atoms with Crippen LogP contribution in [-0.4, -0.2) is 61.6 Å². The summed E-state index contributed by atoms with van der Waals surface area (Å²) < 4.78 is 0. The molecule has 1 aliphatic rings. The highest BCUT2D eigenvalue weighted by Gasteiger charge is 2.42. The lowest BCUT2D eigenvalue weighted by Gasteiger charge is -2.47. The van der Waals surface area contributed by atoms with Crippen LogP contribution in [0.2, 0.25) is 0 Å². The maximum atomic E-state index is 12.0. The molecule has 0 aromatic heterocycles. The summed E-state index contributed by atoms with van der Waals surface area (Å²) >= 11 is 0. The van der Waals surface area contributed by atoms with Crippen LogP contribution in [-0.2, 0) is 0 Å². The largest absolute Gasteiger partial charge is 0.335 e. The number of hydrogen-bond donors (Lipinski definition) is 2. The van der Waals surface area contributed by atoms with E-state index in [4.69, 9.17) is 0 Å². The molecule has 0 spiro atoms. The van der Waals surface area contributed by atoms with Gasteiger partial charge in [-0.15, -0.1) is 0 Å². The van der Waals surface area contributed by atoms with Gasteiger partial charge in [-0.1, -0.05) is 13.8 Å². The van der Waals surface area contributed by atoms with Crippen molar-refractivity contribution in [3.05, 3.63) is 0 Å². The molecule has 0 aromatic rings. The molecule has 0 aromatic carbocycles. The first-order valence-electron chi connectivity index (χ1n) is 7.41. The van der Waals surface area contributed by atoms with E-state index in [1.165, 1.54) is 4.90 Å². The van der Waals surface area contributed by atoms with Crippen LogP contribution in [0.3, 0.4) is 0 Å². The number of hydrogen-bond acceptors (Lipinski definition) is 2. The molecular weight excluding hydrogens is 268 g/mol. The van der Waals surface area contributed by atoms with E-state index in [2.05, 4.69) is 31.4 Å². The van der Waals surface area contributed by atoms with Crippen LogP contribution in [0.1, 0.15) is 40.0 Å². The minimum Gasteiger partial charge on any atom is -0.335 e. The van der Waals surface area contributed by atoms with Gasteiger partial charge in [0.1, 0.15) is 0 Å². The molecule has 0 radical (unpaired) electrons. The summed E-state index contributed by atoms with van der Waals surface area (Å²) in [4.78, 5) is 26.9. The van der Waals surface area contributed by atoms with E-state index in [0.717, 1.165) is 19.3 Å². The fourth-order valence-corrected chi connectivity index (χ4v) is 3.35. The van der Waals surface area contributed by atoms with Crippen molar-refractivity contribution >= 4 is 12.1 Å². The monoisotopic (exact) mass is 298 g/mol. The Kier molecular flexibility index (Phi) is 5.12. The van der Waals surface area contributed by atoms with Crippen molar-refractivity contribution < 1.29 is 9.59 Å². The Hall–Kier alpha value is -1.46. The summed E-state index contributed by atoms with van der Waals surface area (Å²) in [6, 6.07) is -0.108. The predicted octanol–water partition coefficient (Wildman–Crippen LogP) is 1.87. The third-order valence-electron chi connectivity index (χ3n) is 3.91. The Morgan fingerprint density at radius 1 is 0.952 bits per heavy atom. The first-order valence-corrected chi connectivity index (χ1v) is 7.41. The van der Waals surface area contributed by atoms with Crippen LogP contribution in [0.15, 0.2) is 0 Å². The van der Waals surface area contributed by atoms with E-state index in [9.17, 15) is 9.59 Å². The highest BCUT2D eigenvalue weighted by Crippen LogP contribution is 2.41. The minimum absolute atomic E-state index is 0.0658. The van der Waals surface area contributed by atoms with Gasteiger partial charge in [0.15, 0.2) is 0 Å². The zero-order chi connectivity index (χ0) is 16.4. The van der Waals surface area contributed by atoms with Crippen LogP contribution in [0.25, 0.3) is 0 Å². The van der Waals surface area contributed by atoms with Gasteiger partial charge in [-0.25, -0.2) is 9.59 Å². The molecule has 0 saturated heterocycles. The fraction of sp³-hybridized carbons (Fsp3) is 0.867. The molecule has 2 atom stereocenters. The van der Waals surface area contributed by atoms with Crippen LogP contribution in [0, 0.1) is 5.41 Å².